The number of rotatable bonds is 9. The van der Waals surface area contributed by atoms with Crippen molar-refractivity contribution in [3.05, 3.63) is 42.0 Å². The molecule has 4 atom stereocenters. The molecule has 0 aliphatic carbocycles. The lowest BCUT2D eigenvalue weighted by Crippen LogP contribution is -2.54. The normalized spacial score (nSPS) is 21.7. The number of aromatic hydroxyl groups is 1. The van der Waals surface area contributed by atoms with E-state index in [0.29, 0.717) is 12.0 Å². The molecule has 1 aromatic rings. The van der Waals surface area contributed by atoms with Crippen LogP contribution in [0.2, 0.25) is 0 Å². The Morgan fingerprint density at radius 1 is 1.07 bits per heavy atom. The van der Waals surface area contributed by atoms with Gasteiger partial charge in [-0.2, -0.15) is 0 Å². The molecule has 4 N–H and O–H groups in total. The highest BCUT2D eigenvalue weighted by Crippen LogP contribution is 2.17. The van der Waals surface area contributed by atoms with Gasteiger partial charge in [0.05, 0.1) is 12.6 Å². The van der Waals surface area contributed by atoms with Crippen molar-refractivity contribution in [1.29, 1.82) is 0 Å². The summed E-state index contributed by atoms with van der Waals surface area (Å²) in [6.45, 7) is 12.3. The van der Waals surface area contributed by atoms with Gasteiger partial charge in [-0.05, 0) is 62.8 Å². The van der Waals surface area contributed by atoms with E-state index in [-0.39, 0.29) is 42.8 Å². The highest BCUT2D eigenvalue weighted by Gasteiger charge is 2.32. The van der Waals surface area contributed by atoms with Crippen LogP contribution in [0, 0.1) is 17.8 Å². The van der Waals surface area contributed by atoms with Crippen LogP contribution in [0.5, 0.6) is 5.75 Å². The van der Waals surface area contributed by atoms with E-state index in [1.165, 1.54) is 24.3 Å². The van der Waals surface area contributed by atoms with Crippen molar-refractivity contribution < 1.29 is 38.6 Å². The van der Waals surface area contributed by atoms with Crippen LogP contribution in [0.15, 0.2) is 36.4 Å². The zero-order chi connectivity index (χ0) is 31.6. The minimum Gasteiger partial charge on any atom is -0.508 e. The van der Waals surface area contributed by atoms with Gasteiger partial charge in [0.15, 0.2) is 5.78 Å². The first-order valence-electron chi connectivity index (χ1n) is 14.3. The first-order chi connectivity index (χ1) is 19.5. The Morgan fingerprint density at radius 2 is 1.71 bits per heavy atom. The molecule has 0 fully saturated rings. The van der Waals surface area contributed by atoms with Gasteiger partial charge in [0.1, 0.15) is 23.4 Å². The van der Waals surface area contributed by atoms with E-state index >= 15 is 0 Å². The number of carbonyl (C=O) groups is 5. The smallest absolute Gasteiger partial charge is 0.408 e. The lowest BCUT2D eigenvalue weighted by molar-refractivity contribution is -0.149. The second-order valence-electron chi connectivity index (χ2n) is 12.4. The van der Waals surface area contributed by atoms with Gasteiger partial charge in [0.2, 0.25) is 11.8 Å². The van der Waals surface area contributed by atoms with Crippen LogP contribution in [-0.2, 0) is 35.1 Å². The van der Waals surface area contributed by atoms with Gasteiger partial charge >= 0.3 is 12.1 Å². The second-order valence-corrected chi connectivity index (χ2v) is 12.4. The maximum absolute atomic E-state index is 13.4. The Kier molecular flexibility index (Phi) is 12.6. The van der Waals surface area contributed by atoms with Gasteiger partial charge in [-0.1, -0.05) is 45.9 Å². The molecule has 42 heavy (non-hydrogen) atoms. The molecule has 11 nitrogen and oxygen atoms in total. The van der Waals surface area contributed by atoms with E-state index in [9.17, 15) is 29.1 Å². The molecule has 1 aliphatic heterocycles. The molecular weight excluding hydrogens is 542 g/mol. The summed E-state index contributed by atoms with van der Waals surface area (Å²) in [4.78, 5) is 64.9. The van der Waals surface area contributed by atoms with Crippen molar-refractivity contribution in [2.24, 2.45) is 17.8 Å². The molecule has 2 rings (SSSR count). The first kappa shape index (κ1) is 34.3. The molecule has 0 aromatic heterocycles. The average Bonchev–Trinajstić information content (AvgIpc) is 2.86. The second kappa shape index (κ2) is 15.4. The molecule has 0 bridgehead atoms. The van der Waals surface area contributed by atoms with Crippen molar-refractivity contribution in [3.8, 4) is 5.75 Å². The number of hydrogen-bond donors (Lipinski definition) is 4. The van der Waals surface area contributed by atoms with Crippen molar-refractivity contribution in [3.63, 3.8) is 0 Å². The highest BCUT2D eigenvalue weighted by atomic mass is 16.6. The number of esters is 1. The maximum atomic E-state index is 13.4. The Morgan fingerprint density at radius 3 is 2.29 bits per heavy atom. The minimum atomic E-state index is -1.08. The number of hydrogen-bond acceptors (Lipinski definition) is 8. The fraction of sp³-hybridized carbons (Fsp3) is 0.581. The monoisotopic (exact) mass is 587 g/mol. The summed E-state index contributed by atoms with van der Waals surface area (Å²) in [6, 6.07) is 3.35. The predicted molar refractivity (Wildman–Crippen MR) is 156 cm³/mol. The molecule has 1 heterocycles. The minimum absolute atomic E-state index is 0.0582. The van der Waals surface area contributed by atoms with Crippen LogP contribution in [0.3, 0.4) is 0 Å². The summed E-state index contributed by atoms with van der Waals surface area (Å²) in [5, 5.41) is 17.6. The molecule has 0 unspecified atom stereocenters. The van der Waals surface area contributed by atoms with Gasteiger partial charge in [0, 0.05) is 18.8 Å². The molecule has 1 aliphatic rings. The third-order valence-corrected chi connectivity index (χ3v) is 6.43. The summed E-state index contributed by atoms with van der Waals surface area (Å²) in [5.74, 6) is -2.90. The number of alkyl carbamates (subject to hydrolysis) is 1. The van der Waals surface area contributed by atoms with Crippen LogP contribution < -0.4 is 16.0 Å². The molecule has 0 spiro atoms. The topological polar surface area (TPSA) is 160 Å². The number of nitrogens with one attached hydrogen (secondary N) is 3. The van der Waals surface area contributed by atoms with Crippen LogP contribution in [0.4, 0.5) is 4.79 Å². The highest BCUT2D eigenvalue weighted by molar-refractivity contribution is 5.95. The van der Waals surface area contributed by atoms with E-state index in [0.717, 1.165) is 0 Å². The van der Waals surface area contributed by atoms with Crippen molar-refractivity contribution in [2.75, 3.05) is 6.61 Å². The fourth-order valence-corrected chi connectivity index (χ4v) is 4.35. The van der Waals surface area contributed by atoms with Gasteiger partial charge in [-0.3, -0.25) is 14.4 Å². The van der Waals surface area contributed by atoms with E-state index in [1.54, 1.807) is 46.8 Å². The number of amides is 3. The van der Waals surface area contributed by atoms with Crippen LogP contribution in [-0.4, -0.2) is 65.1 Å². The number of phenols is 1. The molecule has 1 aromatic carbocycles. The van der Waals surface area contributed by atoms with E-state index in [2.05, 4.69) is 16.0 Å². The Bertz CT molecular complexity index is 1140. The molecule has 3 amide bonds. The molecule has 11 heteroatoms. The molecule has 0 radical (unpaired) electrons. The van der Waals surface area contributed by atoms with Crippen molar-refractivity contribution in [1.82, 2.24) is 16.0 Å². The zero-order valence-electron chi connectivity index (χ0n) is 25.6. The molecule has 0 saturated carbocycles. The first-order valence-corrected chi connectivity index (χ1v) is 14.3. The number of carbonyl (C=O) groups excluding carboxylic acids is 5. The van der Waals surface area contributed by atoms with Gasteiger partial charge in [-0.25, -0.2) is 9.59 Å². The summed E-state index contributed by atoms with van der Waals surface area (Å²) >= 11 is 0. The number of cyclic esters (lactones) is 1. The predicted octanol–water partition coefficient (Wildman–Crippen LogP) is 3.19. The third-order valence-electron chi connectivity index (χ3n) is 6.43. The van der Waals surface area contributed by atoms with E-state index in [1.807, 2.05) is 13.8 Å². The SMILES string of the molecule is CC(C)C[C@H](NC(=O)OC(C)(C)C)C(=O)C[C@@H]1/C=C/C(=O)N[C@@H](C(C)C)C(=O)N[C@@H](Cc2ccc(O)cc2)C(=O)OC1. The lowest BCUT2D eigenvalue weighted by atomic mass is 9.93. The van der Waals surface area contributed by atoms with Crippen LogP contribution in [0.1, 0.15) is 66.9 Å². The van der Waals surface area contributed by atoms with Crippen molar-refractivity contribution >= 4 is 29.7 Å². The summed E-state index contributed by atoms with van der Waals surface area (Å²) in [5.41, 5.74) is -0.0727. The number of benzene rings is 1. The Labute approximate surface area is 247 Å². The Balaban J connectivity index is 2.30. The maximum Gasteiger partial charge on any atom is 0.408 e. The molecular formula is C31H45N3O8. The van der Waals surface area contributed by atoms with Crippen LogP contribution in [0.25, 0.3) is 0 Å². The van der Waals surface area contributed by atoms with Crippen LogP contribution >= 0.6 is 0 Å². The van der Waals surface area contributed by atoms with Crippen molar-refractivity contribution in [2.45, 2.75) is 91.5 Å². The summed E-state index contributed by atoms with van der Waals surface area (Å²) in [6.07, 6.45) is 2.32. The number of ether oxygens (including phenoxy) is 2. The quantitative estimate of drug-likeness (QED) is 0.321. The number of Topliss-reactive ketones (excluding diaryl/α,β-unsaturated/α-hetero) is 1. The van der Waals surface area contributed by atoms with Gasteiger partial charge in [0.25, 0.3) is 0 Å². The summed E-state index contributed by atoms with van der Waals surface area (Å²) < 4.78 is 10.9. The van der Waals surface area contributed by atoms with E-state index < -0.39 is 53.5 Å². The average molecular weight is 588 g/mol. The standard InChI is InChI=1S/C31H45N3O8/c1-18(2)14-23(33-30(40)42-31(5,6)7)25(36)16-21-10-13-26(37)34-27(19(3)4)28(38)32-24(29(39)41-17-21)15-20-8-11-22(35)12-9-20/h8-13,18-19,21,23-24,27,35H,14-17H2,1-7H3,(H,32,38)(H,33,40)(H,34,37)/b13-10+/t21-,23-,24-,27-/m0/s1. The fourth-order valence-electron chi connectivity index (χ4n) is 4.35. The summed E-state index contributed by atoms with van der Waals surface area (Å²) in [7, 11) is 0. The molecule has 232 valence electrons. The van der Waals surface area contributed by atoms with Gasteiger partial charge in [-0.15, -0.1) is 0 Å². The van der Waals surface area contributed by atoms with E-state index in [4.69, 9.17) is 9.47 Å². The Hall–Kier alpha value is -3.89. The number of ketones is 1. The lowest BCUT2D eigenvalue weighted by Gasteiger charge is -2.26. The molecule has 0 saturated heterocycles. The third kappa shape index (κ3) is 11.9. The zero-order valence-corrected chi connectivity index (χ0v) is 25.6. The number of phenolic OH excluding ortho intramolecular Hbond substituents is 1. The van der Waals surface area contributed by atoms with Gasteiger partial charge < -0.3 is 30.5 Å². The largest absolute Gasteiger partial charge is 0.508 e.